The lowest BCUT2D eigenvalue weighted by molar-refractivity contribution is 0.237. The smallest absolute Gasteiger partial charge is 0.319 e. The van der Waals surface area contributed by atoms with Gasteiger partial charge in [0.1, 0.15) is 0 Å². The number of benzene rings is 1. The van der Waals surface area contributed by atoms with Crippen LogP contribution in [-0.2, 0) is 0 Å². The van der Waals surface area contributed by atoms with E-state index in [-0.39, 0.29) is 18.7 Å². The van der Waals surface area contributed by atoms with E-state index in [1.54, 1.807) is 0 Å². The molecule has 0 unspecified atom stereocenters. The summed E-state index contributed by atoms with van der Waals surface area (Å²) in [7, 11) is 2.03. The van der Waals surface area contributed by atoms with Crippen LogP contribution in [0.25, 0.3) is 0 Å². The molecule has 0 saturated carbocycles. The largest absolute Gasteiger partial charge is 0.396 e. The number of hydrogen-bond acceptors (Lipinski definition) is 3. The van der Waals surface area contributed by atoms with Crippen molar-refractivity contribution in [1.82, 2.24) is 5.32 Å². The number of anilines is 2. The van der Waals surface area contributed by atoms with Gasteiger partial charge in [-0.05, 0) is 44.9 Å². The minimum absolute atomic E-state index is 0.00322. The number of aliphatic hydroxyl groups is 1. The SMILES string of the molecule is CC[C@@H](CCO)NC(=O)Nc1cccc(N(C)C(C)C)c1. The molecule has 5 nitrogen and oxygen atoms in total. The van der Waals surface area contributed by atoms with E-state index in [4.69, 9.17) is 5.11 Å². The summed E-state index contributed by atoms with van der Waals surface area (Å²) in [6.45, 7) is 6.30. The summed E-state index contributed by atoms with van der Waals surface area (Å²) < 4.78 is 0. The van der Waals surface area contributed by atoms with Gasteiger partial charge in [0.2, 0.25) is 0 Å². The molecule has 1 atom stereocenters. The van der Waals surface area contributed by atoms with Crippen LogP contribution in [0.2, 0.25) is 0 Å². The molecule has 0 fully saturated rings. The number of aliphatic hydroxyl groups excluding tert-OH is 1. The average molecular weight is 293 g/mol. The Balaban J connectivity index is 2.66. The Morgan fingerprint density at radius 3 is 2.67 bits per heavy atom. The number of nitrogens with one attached hydrogen (secondary N) is 2. The van der Waals surface area contributed by atoms with Crippen LogP contribution in [0.3, 0.4) is 0 Å². The Labute approximate surface area is 127 Å². The quantitative estimate of drug-likeness (QED) is 0.724. The van der Waals surface area contributed by atoms with Gasteiger partial charge in [-0.25, -0.2) is 4.79 Å². The molecule has 0 heterocycles. The second-order valence-corrected chi connectivity index (χ2v) is 5.47. The van der Waals surface area contributed by atoms with Gasteiger partial charge in [0.15, 0.2) is 0 Å². The molecule has 1 rings (SSSR count). The third-order valence-electron chi connectivity index (χ3n) is 3.59. The van der Waals surface area contributed by atoms with Gasteiger partial charge >= 0.3 is 6.03 Å². The van der Waals surface area contributed by atoms with Crippen LogP contribution >= 0.6 is 0 Å². The van der Waals surface area contributed by atoms with Gasteiger partial charge in [-0.2, -0.15) is 0 Å². The van der Waals surface area contributed by atoms with E-state index in [0.717, 1.165) is 17.8 Å². The van der Waals surface area contributed by atoms with E-state index in [0.29, 0.717) is 12.5 Å². The Kier molecular flexibility index (Phi) is 7.02. The van der Waals surface area contributed by atoms with Gasteiger partial charge in [-0.15, -0.1) is 0 Å². The van der Waals surface area contributed by atoms with Crippen LogP contribution in [0, 0.1) is 0 Å². The molecule has 5 heteroatoms. The van der Waals surface area contributed by atoms with Gasteiger partial charge in [-0.3, -0.25) is 0 Å². The van der Waals surface area contributed by atoms with Crippen LogP contribution < -0.4 is 15.5 Å². The molecule has 0 bridgehead atoms. The van der Waals surface area contributed by atoms with Gasteiger partial charge in [0, 0.05) is 37.1 Å². The summed E-state index contributed by atoms with van der Waals surface area (Å²) in [6, 6.07) is 7.91. The Bertz CT molecular complexity index is 449. The van der Waals surface area contributed by atoms with E-state index >= 15 is 0 Å². The zero-order valence-electron chi connectivity index (χ0n) is 13.4. The monoisotopic (exact) mass is 293 g/mol. The number of nitrogens with zero attached hydrogens (tertiary/aromatic N) is 1. The molecule has 1 aromatic carbocycles. The van der Waals surface area contributed by atoms with E-state index in [9.17, 15) is 4.79 Å². The van der Waals surface area contributed by atoms with Crippen molar-refractivity contribution in [3.63, 3.8) is 0 Å². The first-order chi connectivity index (χ1) is 9.97. The number of amides is 2. The van der Waals surface area contributed by atoms with E-state index in [1.165, 1.54) is 0 Å². The van der Waals surface area contributed by atoms with E-state index < -0.39 is 0 Å². The van der Waals surface area contributed by atoms with Crippen molar-refractivity contribution in [3.8, 4) is 0 Å². The summed E-state index contributed by atoms with van der Waals surface area (Å²) >= 11 is 0. The fourth-order valence-electron chi connectivity index (χ4n) is 1.99. The number of hydrogen-bond donors (Lipinski definition) is 3. The molecular formula is C16H27N3O2. The van der Waals surface area contributed by atoms with Crippen molar-refractivity contribution < 1.29 is 9.90 Å². The molecule has 1 aromatic rings. The van der Waals surface area contributed by atoms with Crippen molar-refractivity contribution in [2.75, 3.05) is 23.9 Å². The third-order valence-corrected chi connectivity index (χ3v) is 3.59. The summed E-state index contributed by atoms with van der Waals surface area (Å²) in [5.74, 6) is 0. The first-order valence-corrected chi connectivity index (χ1v) is 7.49. The normalized spacial score (nSPS) is 12.1. The minimum Gasteiger partial charge on any atom is -0.396 e. The lowest BCUT2D eigenvalue weighted by atomic mass is 10.1. The lowest BCUT2D eigenvalue weighted by Gasteiger charge is -2.24. The highest BCUT2D eigenvalue weighted by Gasteiger charge is 2.11. The van der Waals surface area contributed by atoms with Gasteiger partial charge in [-0.1, -0.05) is 13.0 Å². The molecule has 0 aliphatic rings. The second kappa shape index (κ2) is 8.52. The maximum Gasteiger partial charge on any atom is 0.319 e. The molecule has 118 valence electrons. The average Bonchev–Trinajstić information content (AvgIpc) is 2.46. The maximum absolute atomic E-state index is 12.0. The molecule has 0 saturated heterocycles. The summed E-state index contributed by atoms with van der Waals surface area (Å²) in [5.41, 5.74) is 1.82. The molecular weight excluding hydrogens is 266 g/mol. The molecule has 0 spiro atoms. The number of carbonyl (C=O) groups is 1. The highest BCUT2D eigenvalue weighted by molar-refractivity contribution is 5.90. The number of rotatable bonds is 7. The van der Waals surface area contributed by atoms with Crippen LogP contribution in [0.4, 0.5) is 16.2 Å². The molecule has 0 aliphatic carbocycles. The topological polar surface area (TPSA) is 64.6 Å². The van der Waals surface area contributed by atoms with Gasteiger partial charge in [0.05, 0.1) is 0 Å². The van der Waals surface area contributed by atoms with Crippen molar-refractivity contribution in [1.29, 1.82) is 0 Å². The highest BCUT2D eigenvalue weighted by atomic mass is 16.3. The first kappa shape index (κ1) is 17.3. The fourth-order valence-corrected chi connectivity index (χ4v) is 1.99. The Morgan fingerprint density at radius 2 is 2.10 bits per heavy atom. The Morgan fingerprint density at radius 1 is 1.38 bits per heavy atom. The van der Waals surface area contributed by atoms with Crippen LogP contribution in [0.5, 0.6) is 0 Å². The molecule has 0 aromatic heterocycles. The summed E-state index contributed by atoms with van der Waals surface area (Å²) in [4.78, 5) is 14.1. The summed E-state index contributed by atoms with van der Waals surface area (Å²) in [5, 5.41) is 14.6. The third kappa shape index (κ3) is 5.63. The highest BCUT2D eigenvalue weighted by Crippen LogP contribution is 2.20. The standard InChI is InChI=1S/C16H27N3O2/c1-5-13(9-10-20)17-16(21)18-14-7-6-8-15(11-14)19(4)12(2)3/h6-8,11-13,20H,5,9-10H2,1-4H3,(H2,17,18,21)/t13-/m0/s1. The second-order valence-electron chi connectivity index (χ2n) is 5.47. The van der Waals surface area contributed by atoms with Crippen LogP contribution in [0.15, 0.2) is 24.3 Å². The molecule has 3 N–H and O–H groups in total. The maximum atomic E-state index is 12.0. The number of carbonyl (C=O) groups excluding carboxylic acids is 1. The molecule has 21 heavy (non-hydrogen) atoms. The van der Waals surface area contributed by atoms with Crippen molar-refractivity contribution in [2.24, 2.45) is 0 Å². The first-order valence-electron chi connectivity index (χ1n) is 7.49. The fraction of sp³-hybridized carbons (Fsp3) is 0.562. The lowest BCUT2D eigenvalue weighted by Crippen LogP contribution is -2.38. The van der Waals surface area contributed by atoms with Crippen molar-refractivity contribution in [2.45, 2.75) is 45.7 Å². The molecule has 2 amide bonds. The number of urea groups is 1. The predicted octanol–water partition coefficient (Wildman–Crippen LogP) is 2.81. The van der Waals surface area contributed by atoms with Crippen molar-refractivity contribution >= 4 is 17.4 Å². The van der Waals surface area contributed by atoms with Gasteiger partial charge < -0.3 is 20.6 Å². The Hall–Kier alpha value is -1.75. The van der Waals surface area contributed by atoms with Gasteiger partial charge in [0.25, 0.3) is 0 Å². The molecule has 0 aliphatic heterocycles. The molecule has 0 radical (unpaired) electrons. The summed E-state index contributed by atoms with van der Waals surface area (Å²) in [6.07, 6.45) is 1.37. The van der Waals surface area contributed by atoms with Crippen LogP contribution in [-0.4, -0.2) is 36.9 Å². The zero-order valence-corrected chi connectivity index (χ0v) is 13.4. The van der Waals surface area contributed by atoms with E-state index in [2.05, 4.69) is 29.4 Å². The van der Waals surface area contributed by atoms with Crippen molar-refractivity contribution in [3.05, 3.63) is 24.3 Å². The zero-order chi connectivity index (χ0) is 15.8. The van der Waals surface area contributed by atoms with Crippen LogP contribution in [0.1, 0.15) is 33.6 Å². The van der Waals surface area contributed by atoms with E-state index in [1.807, 2.05) is 38.2 Å². The minimum atomic E-state index is -0.236. The predicted molar refractivity (Wildman–Crippen MR) is 87.9 cm³/mol.